The zero-order valence-electron chi connectivity index (χ0n) is 17.0. The number of ether oxygens (including phenoxy) is 1. The molecule has 2 aromatic rings. The van der Waals surface area contributed by atoms with Gasteiger partial charge in [-0.1, -0.05) is 44.2 Å². The van der Waals surface area contributed by atoms with Crippen molar-refractivity contribution in [1.29, 1.82) is 0 Å². The minimum atomic E-state index is -0.416. The molecule has 0 bridgehead atoms. The molecule has 1 unspecified atom stereocenters. The van der Waals surface area contributed by atoms with Gasteiger partial charge in [-0.15, -0.1) is 0 Å². The maximum atomic E-state index is 11.9. The van der Waals surface area contributed by atoms with Crippen molar-refractivity contribution < 1.29 is 9.53 Å². The molecule has 1 aliphatic rings. The summed E-state index contributed by atoms with van der Waals surface area (Å²) in [5.74, 6) is 0. The third-order valence-corrected chi connectivity index (χ3v) is 5.22. The lowest BCUT2D eigenvalue weighted by atomic mass is 10.1. The number of hydrogen-bond donors (Lipinski definition) is 1. The first kappa shape index (κ1) is 20.3. The summed E-state index contributed by atoms with van der Waals surface area (Å²) in [5.41, 5.74) is 4.57. The van der Waals surface area contributed by atoms with Gasteiger partial charge in [-0.25, -0.2) is 4.79 Å². The van der Waals surface area contributed by atoms with Gasteiger partial charge in [-0.05, 0) is 61.5 Å². The minimum Gasteiger partial charge on any atom is -0.445 e. The number of nitrogens with zero attached hydrogens (tertiary/aromatic N) is 2. The number of fused-ring (bicyclic) bond motifs is 1. The van der Waals surface area contributed by atoms with E-state index in [1.54, 1.807) is 0 Å². The predicted octanol–water partition coefficient (Wildman–Crippen LogP) is 4.10. The van der Waals surface area contributed by atoms with Crippen LogP contribution < -0.4 is 5.32 Å². The number of nitrogens with one attached hydrogen (secondary N) is 1. The zero-order chi connectivity index (χ0) is 19.8. The van der Waals surface area contributed by atoms with Gasteiger partial charge in [0.05, 0.1) is 12.2 Å². The molecule has 0 saturated carbocycles. The Bertz CT molecular complexity index is 758. The first-order valence-corrected chi connectivity index (χ1v) is 10.3. The third kappa shape index (κ3) is 5.55. The quantitative estimate of drug-likeness (QED) is 0.711. The fraction of sp³-hybridized carbons (Fsp3) is 0.478. The molecular formula is C23H31N3O2. The van der Waals surface area contributed by atoms with Crippen molar-refractivity contribution >= 4 is 6.09 Å². The Balaban J connectivity index is 1.50. The molecule has 1 aliphatic carbocycles. The molecule has 5 nitrogen and oxygen atoms in total. The van der Waals surface area contributed by atoms with E-state index in [4.69, 9.17) is 4.74 Å². The fourth-order valence-corrected chi connectivity index (χ4v) is 3.87. The van der Waals surface area contributed by atoms with Crippen LogP contribution in [0.3, 0.4) is 0 Å². The van der Waals surface area contributed by atoms with Gasteiger partial charge in [0.2, 0.25) is 0 Å². The summed E-state index contributed by atoms with van der Waals surface area (Å²) in [4.78, 5) is 19.1. The number of aromatic nitrogens is 1. The summed E-state index contributed by atoms with van der Waals surface area (Å²) in [5, 5.41) is 2.80. The summed E-state index contributed by atoms with van der Waals surface area (Å²) in [7, 11) is 0. The van der Waals surface area contributed by atoms with E-state index in [-0.39, 0.29) is 6.61 Å². The van der Waals surface area contributed by atoms with Crippen LogP contribution in [-0.2, 0) is 30.7 Å². The number of benzene rings is 1. The Labute approximate surface area is 168 Å². The van der Waals surface area contributed by atoms with Gasteiger partial charge < -0.3 is 10.1 Å². The molecule has 28 heavy (non-hydrogen) atoms. The van der Waals surface area contributed by atoms with Crippen LogP contribution in [0.25, 0.3) is 0 Å². The predicted molar refractivity (Wildman–Crippen MR) is 111 cm³/mol. The highest BCUT2D eigenvalue weighted by atomic mass is 16.5. The number of alkyl carbamates (subject to hydrolysis) is 1. The van der Waals surface area contributed by atoms with Crippen LogP contribution in [0.4, 0.5) is 4.79 Å². The zero-order valence-corrected chi connectivity index (χ0v) is 17.0. The smallest absolute Gasteiger partial charge is 0.407 e. The van der Waals surface area contributed by atoms with Crippen LogP contribution in [0.5, 0.6) is 0 Å². The first-order chi connectivity index (χ1) is 13.7. The van der Waals surface area contributed by atoms with Crippen molar-refractivity contribution in [3.63, 3.8) is 0 Å². The van der Waals surface area contributed by atoms with E-state index in [1.165, 1.54) is 24.0 Å². The van der Waals surface area contributed by atoms with E-state index in [1.807, 2.05) is 36.5 Å². The van der Waals surface area contributed by atoms with Gasteiger partial charge >= 0.3 is 6.09 Å². The van der Waals surface area contributed by atoms with Crippen molar-refractivity contribution in [2.24, 2.45) is 0 Å². The molecular weight excluding hydrogens is 350 g/mol. The molecule has 0 aliphatic heterocycles. The van der Waals surface area contributed by atoms with E-state index < -0.39 is 6.09 Å². The third-order valence-electron chi connectivity index (χ3n) is 5.22. The van der Waals surface area contributed by atoms with Gasteiger partial charge in [-0.3, -0.25) is 9.88 Å². The molecule has 1 N–H and O–H groups in total. The van der Waals surface area contributed by atoms with Gasteiger partial charge in [0, 0.05) is 12.2 Å². The van der Waals surface area contributed by atoms with Crippen LogP contribution in [0.2, 0.25) is 0 Å². The Morgan fingerprint density at radius 3 is 2.57 bits per heavy atom. The molecule has 0 fully saturated rings. The number of carbonyl (C=O) groups is 1. The Morgan fingerprint density at radius 1 is 1.14 bits per heavy atom. The molecule has 5 heteroatoms. The standard InChI is InChI=1S/C23H31N3O2/c1-3-10-26(11-4-2)22-13-19-12-21(24-15-20(19)14-22)16-25-23(27)28-17-18-8-6-5-7-9-18/h5-9,12,15,22H,3-4,10-11,13-14,16-17H2,1-2H3,(H,25,27). The molecule has 3 rings (SSSR count). The van der Waals surface area contributed by atoms with Crippen LogP contribution in [-0.4, -0.2) is 35.1 Å². The monoisotopic (exact) mass is 381 g/mol. The SMILES string of the molecule is CCCN(CCC)C1Cc2cnc(CNC(=O)OCc3ccccc3)cc2C1. The fourth-order valence-electron chi connectivity index (χ4n) is 3.87. The molecule has 0 saturated heterocycles. The molecule has 0 spiro atoms. The van der Waals surface area contributed by atoms with E-state index in [0.717, 1.165) is 37.2 Å². The Kier molecular flexibility index (Phi) is 7.43. The average molecular weight is 382 g/mol. The Hall–Kier alpha value is -2.40. The second-order valence-electron chi connectivity index (χ2n) is 7.46. The van der Waals surface area contributed by atoms with Crippen LogP contribution in [0.15, 0.2) is 42.6 Å². The normalized spacial score (nSPS) is 15.5. The van der Waals surface area contributed by atoms with Gasteiger partial charge in [0.15, 0.2) is 0 Å². The topological polar surface area (TPSA) is 54.5 Å². The average Bonchev–Trinajstić information content (AvgIpc) is 3.14. The maximum Gasteiger partial charge on any atom is 0.407 e. The summed E-state index contributed by atoms with van der Waals surface area (Å²) < 4.78 is 5.26. The minimum absolute atomic E-state index is 0.274. The Morgan fingerprint density at radius 2 is 1.86 bits per heavy atom. The second kappa shape index (κ2) is 10.2. The van der Waals surface area contributed by atoms with E-state index in [0.29, 0.717) is 12.6 Å². The highest BCUT2D eigenvalue weighted by Crippen LogP contribution is 2.26. The molecule has 1 aromatic heterocycles. The lowest BCUT2D eigenvalue weighted by Crippen LogP contribution is -2.37. The van der Waals surface area contributed by atoms with E-state index >= 15 is 0 Å². The van der Waals surface area contributed by atoms with Crippen LogP contribution in [0.1, 0.15) is 49.1 Å². The summed E-state index contributed by atoms with van der Waals surface area (Å²) in [6.45, 7) is 7.46. The number of carbonyl (C=O) groups excluding carboxylic acids is 1. The van der Waals surface area contributed by atoms with Gasteiger partial charge in [-0.2, -0.15) is 0 Å². The van der Waals surface area contributed by atoms with E-state index in [2.05, 4.69) is 35.1 Å². The van der Waals surface area contributed by atoms with Crippen LogP contribution in [0, 0.1) is 0 Å². The lowest BCUT2D eigenvalue weighted by molar-refractivity contribution is 0.139. The number of rotatable bonds is 9. The van der Waals surface area contributed by atoms with Crippen molar-refractivity contribution in [2.45, 2.75) is 58.7 Å². The highest BCUT2D eigenvalue weighted by Gasteiger charge is 2.26. The van der Waals surface area contributed by atoms with Gasteiger partial charge in [0.1, 0.15) is 6.61 Å². The number of pyridine rings is 1. The number of amides is 1. The molecule has 0 radical (unpaired) electrons. The maximum absolute atomic E-state index is 11.9. The summed E-state index contributed by atoms with van der Waals surface area (Å²) >= 11 is 0. The van der Waals surface area contributed by atoms with Crippen LogP contribution >= 0.6 is 0 Å². The second-order valence-corrected chi connectivity index (χ2v) is 7.46. The molecule has 1 atom stereocenters. The van der Waals surface area contributed by atoms with Gasteiger partial charge in [0.25, 0.3) is 0 Å². The lowest BCUT2D eigenvalue weighted by Gasteiger charge is -2.27. The van der Waals surface area contributed by atoms with Crippen molar-refractivity contribution in [2.75, 3.05) is 13.1 Å². The van der Waals surface area contributed by atoms with Crippen molar-refractivity contribution in [3.05, 3.63) is 65.0 Å². The molecule has 1 amide bonds. The largest absolute Gasteiger partial charge is 0.445 e. The molecule has 150 valence electrons. The summed E-state index contributed by atoms with van der Waals surface area (Å²) in [6.07, 6.45) is 6.09. The molecule has 1 aromatic carbocycles. The van der Waals surface area contributed by atoms with Crippen molar-refractivity contribution in [3.8, 4) is 0 Å². The highest BCUT2D eigenvalue weighted by molar-refractivity contribution is 5.67. The van der Waals surface area contributed by atoms with E-state index in [9.17, 15) is 4.79 Å². The number of hydrogen-bond acceptors (Lipinski definition) is 4. The summed E-state index contributed by atoms with van der Waals surface area (Å²) in [6, 6.07) is 12.4. The molecule has 1 heterocycles. The van der Waals surface area contributed by atoms with Crippen molar-refractivity contribution in [1.82, 2.24) is 15.2 Å². The first-order valence-electron chi connectivity index (χ1n) is 10.3.